The smallest absolute Gasteiger partial charge is 0.176 e. The van der Waals surface area contributed by atoms with Crippen LogP contribution in [0.25, 0.3) is 11.0 Å². The van der Waals surface area contributed by atoms with Gasteiger partial charge in [-0.1, -0.05) is 18.2 Å². The predicted octanol–water partition coefficient (Wildman–Crippen LogP) is 4.96. The van der Waals surface area contributed by atoms with E-state index in [4.69, 9.17) is 9.15 Å². The maximum Gasteiger partial charge on any atom is 0.176 e. The standard InChI is InChI=1S/C16H13BrFNO2/c1-20-14-7-2-4-10-8-11(21-16(10)14)9-19-15-12(17)5-3-6-13(15)18/h2-8,19H,9H2,1H3. The third-order valence-electron chi connectivity index (χ3n) is 3.18. The molecule has 0 aliphatic heterocycles. The Hall–Kier alpha value is -2.01. The lowest BCUT2D eigenvalue weighted by molar-refractivity contribution is 0.408. The Kier molecular flexibility index (Phi) is 3.84. The lowest BCUT2D eigenvalue weighted by Gasteiger charge is -2.07. The van der Waals surface area contributed by atoms with E-state index >= 15 is 0 Å². The minimum Gasteiger partial charge on any atom is -0.493 e. The molecule has 0 amide bonds. The van der Waals surface area contributed by atoms with E-state index in [1.54, 1.807) is 19.2 Å². The van der Waals surface area contributed by atoms with E-state index in [1.807, 2.05) is 24.3 Å². The first-order valence-electron chi connectivity index (χ1n) is 6.42. The highest BCUT2D eigenvalue weighted by Crippen LogP contribution is 2.30. The Morgan fingerprint density at radius 3 is 2.81 bits per heavy atom. The average molecular weight is 350 g/mol. The van der Waals surface area contributed by atoms with Gasteiger partial charge in [-0.2, -0.15) is 0 Å². The SMILES string of the molecule is COc1cccc2cc(CNc3c(F)cccc3Br)oc12. The average Bonchev–Trinajstić information content (AvgIpc) is 2.89. The first kappa shape index (κ1) is 13.9. The van der Waals surface area contributed by atoms with Crippen LogP contribution in [0.5, 0.6) is 5.75 Å². The maximum absolute atomic E-state index is 13.7. The van der Waals surface area contributed by atoms with Gasteiger partial charge in [0.25, 0.3) is 0 Å². The topological polar surface area (TPSA) is 34.4 Å². The largest absolute Gasteiger partial charge is 0.493 e. The molecular formula is C16H13BrFNO2. The Morgan fingerprint density at radius 1 is 1.24 bits per heavy atom. The third-order valence-corrected chi connectivity index (χ3v) is 3.84. The van der Waals surface area contributed by atoms with Gasteiger partial charge in [-0.15, -0.1) is 0 Å². The van der Waals surface area contributed by atoms with Gasteiger partial charge in [0.1, 0.15) is 11.6 Å². The number of benzene rings is 2. The van der Waals surface area contributed by atoms with E-state index in [-0.39, 0.29) is 5.82 Å². The van der Waals surface area contributed by atoms with Crippen LogP contribution in [0.1, 0.15) is 5.76 Å². The normalized spacial score (nSPS) is 10.8. The number of nitrogens with one attached hydrogen (secondary N) is 1. The summed E-state index contributed by atoms with van der Waals surface area (Å²) in [7, 11) is 1.60. The fourth-order valence-electron chi connectivity index (χ4n) is 2.18. The number of para-hydroxylation sites is 2. The Bertz CT molecular complexity index is 765. The van der Waals surface area contributed by atoms with Gasteiger partial charge < -0.3 is 14.5 Å². The molecule has 108 valence electrons. The number of fused-ring (bicyclic) bond motifs is 1. The van der Waals surface area contributed by atoms with Crippen molar-refractivity contribution in [1.82, 2.24) is 0 Å². The minimum atomic E-state index is -0.307. The molecule has 0 fully saturated rings. The number of hydrogen-bond donors (Lipinski definition) is 1. The van der Waals surface area contributed by atoms with Crippen molar-refractivity contribution in [2.24, 2.45) is 0 Å². The number of halogens is 2. The first-order valence-corrected chi connectivity index (χ1v) is 7.21. The van der Waals surface area contributed by atoms with Crippen molar-refractivity contribution >= 4 is 32.6 Å². The van der Waals surface area contributed by atoms with Gasteiger partial charge in [-0.3, -0.25) is 0 Å². The van der Waals surface area contributed by atoms with Crippen LogP contribution in [0.15, 0.2) is 51.4 Å². The van der Waals surface area contributed by atoms with Crippen LogP contribution < -0.4 is 10.1 Å². The molecule has 0 atom stereocenters. The number of hydrogen-bond acceptors (Lipinski definition) is 3. The maximum atomic E-state index is 13.7. The summed E-state index contributed by atoms with van der Waals surface area (Å²) >= 11 is 3.33. The van der Waals surface area contributed by atoms with E-state index in [0.717, 1.165) is 5.39 Å². The molecule has 1 heterocycles. The molecule has 21 heavy (non-hydrogen) atoms. The highest BCUT2D eigenvalue weighted by Gasteiger charge is 2.10. The molecule has 0 saturated carbocycles. The van der Waals surface area contributed by atoms with Crippen molar-refractivity contribution in [1.29, 1.82) is 0 Å². The summed E-state index contributed by atoms with van der Waals surface area (Å²) in [5.41, 5.74) is 1.12. The van der Waals surface area contributed by atoms with Crippen LogP contribution >= 0.6 is 15.9 Å². The van der Waals surface area contributed by atoms with E-state index in [1.165, 1.54) is 6.07 Å². The van der Waals surface area contributed by atoms with Gasteiger partial charge in [-0.05, 0) is 40.2 Å². The molecule has 0 aliphatic rings. The Morgan fingerprint density at radius 2 is 2.05 bits per heavy atom. The van der Waals surface area contributed by atoms with E-state index < -0.39 is 0 Å². The van der Waals surface area contributed by atoms with Crippen LogP contribution in [0.3, 0.4) is 0 Å². The molecular weight excluding hydrogens is 337 g/mol. The van der Waals surface area contributed by atoms with E-state index in [9.17, 15) is 4.39 Å². The number of rotatable bonds is 4. The third kappa shape index (κ3) is 2.74. The minimum absolute atomic E-state index is 0.307. The quantitative estimate of drug-likeness (QED) is 0.723. The molecule has 1 N–H and O–H groups in total. The Balaban J connectivity index is 1.86. The Labute approximate surface area is 129 Å². The summed E-state index contributed by atoms with van der Waals surface area (Å²) in [4.78, 5) is 0. The first-order chi connectivity index (χ1) is 10.2. The molecule has 0 unspecified atom stereocenters. The predicted molar refractivity (Wildman–Crippen MR) is 84.2 cm³/mol. The van der Waals surface area contributed by atoms with Crippen molar-refractivity contribution in [2.45, 2.75) is 6.54 Å². The van der Waals surface area contributed by atoms with Gasteiger partial charge >= 0.3 is 0 Å². The lowest BCUT2D eigenvalue weighted by atomic mass is 10.2. The van der Waals surface area contributed by atoms with Crippen LogP contribution in [0, 0.1) is 5.82 Å². The van der Waals surface area contributed by atoms with Crippen molar-refractivity contribution in [3.05, 3.63) is 58.5 Å². The number of ether oxygens (including phenoxy) is 1. The van der Waals surface area contributed by atoms with Gasteiger partial charge in [0.05, 0.1) is 19.3 Å². The molecule has 3 nitrogen and oxygen atoms in total. The molecule has 0 radical (unpaired) electrons. The molecule has 2 aromatic carbocycles. The van der Waals surface area contributed by atoms with Gasteiger partial charge in [-0.25, -0.2) is 4.39 Å². The fraction of sp³-hybridized carbons (Fsp3) is 0.125. The summed E-state index contributed by atoms with van der Waals surface area (Å²) in [6.07, 6.45) is 0. The van der Waals surface area contributed by atoms with E-state index in [2.05, 4.69) is 21.2 Å². The molecule has 0 spiro atoms. The highest BCUT2D eigenvalue weighted by atomic mass is 79.9. The van der Waals surface area contributed by atoms with Crippen molar-refractivity contribution < 1.29 is 13.5 Å². The summed E-state index contributed by atoms with van der Waals surface area (Å²) in [6.45, 7) is 0.386. The summed E-state index contributed by atoms with van der Waals surface area (Å²) in [5, 5.41) is 4.00. The van der Waals surface area contributed by atoms with Crippen molar-refractivity contribution in [3.63, 3.8) is 0 Å². The van der Waals surface area contributed by atoms with Gasteiger partial charge in [0.2, 0.25) is 0 Å². The zero-order valence-corrected chi connectivity index (χ0v) is 12.9. The molecule has 0 bridgehead atoms. The van der Waals surface area contributed by atoms with Crippen LogP contribution in [-0.2, 0) is 6.54 Å². The van der Waals surface area contributed by atoms with Gasteiger partial charge in [0, 0.05) is 9.86 Å². The molecule has 1 aromatic heterocycles. The summed E-state index contributed by atoms with van der Waals surface area (Å²) in [5.74, 6) is 1.09. The summed E-state index contributed by atoms with van der Waals surface area (Å²) < 4.78 is 25.4. The zero-order chi connectivity index (χ0) is 14.8. The van der Waals surface area contributed by atoms with Gasteiger partial charge in [0.15, 0.2) is 11.3 Å². The van der Waals surface area contributed by atoms with Crippen LogP contribution in [-0.4, -0.2) is 7.11 Å². The summed E-state index contributed by atoms with van der Waals surface area (Å²) in [6, 6.07) is 12.5. The van der Waals surface area contributed by atoms with Crippen molar-refractivity contribution in [2.75, 3.05) is 12.4 Å². The van der Waals surface area contributed by atoms with E-state index in [0.29, 0.717) is 33.8 Å². The van der Waals surface area contributed by atoms with Crippen LogP contribution in [0.4, 0.5) is 10.1 Å². The second-order valence-electron chi connectivity index (χ2n) is 4.54. The molecule has 5 heteroatoms. The fourth-order valence-corrected chi connectivity index (χ4v) is 2.66. The monoisotopic (exact) mass is 349 g/mol. The molecule has 3 rings (SSSR count). The zero-order valence-electron chi connectivity index (χ0n) is 11.3. The second kappa shape index (κ2) is 5.77. The molecule has 0 saturated heterocycles. The molecule has 0 aliphatic carbocycles. The molecule has 3 aromatic rings. The van der Waals surface area contributed by atoms with Crippen molar-refractivity contribution in [3.8, 4) is 5.75 Å². The van der Waals surface area contributed by atoms with Crippen LogP contribution in [0.2, 0.25) is 0 Å². The second-order valence-corrected chi connectivity index (χ2v) is 5.40. The number of methoxy groups -OCH3 is 1. The highest BCUT2D eigenvalue weighted by molar-refractivity contribution is 9.10. The number of anilines is 1. The lowest BCUT2D eigenvalue weighted by Crippen LogP contribution is -2.01. The number of furan rings is 1.